The first-order chi connectivity index (χ1) is 13.1. The van der Waals surface area contributed by atoms with E-state index in [9.17, 15) is 4.79 Å². The number of methoxy groups -OCH3 is 1. The number of rotatable bonds is 5. The van der Waals surface area contributed by atoms with E-state index in [0.29, 0.717) is 5.75 Å². The molecule has 3 aromatic rings. The molecule has 0 aliphatic carbocycles. The first kappa shape index (κ1) is 20.0. The zero-order valence-corrected chi connectivity index (χ0v) is 15.8. The van der Waals surface area contributed by atoms with Crippen molar-refractivity contribution in [3.05, 3.63) is 89.5 Å². The van der Waals surface area contributed by atoms with E-state index < -0.39 is 0 Å². The maximum atomic E-state index is 10.8. The smallest absolute Gasteiger partial charge is 0.211 e. The van der Waals surface area contributed by atoms with Crippen LogP contribution in [-0.2, 0) is 4.79 Å². The molecule has 1 atom stereocenters. The number of phenolic OH excluding ortho intramolecular Hbond substituents is 1. The van der Waals surface area contributed by atoms with Crippen LogP contribution in [0.5, 0.6) is 11.5 Å². The van der Waals surface area contributed by atoms with Gasteiger partial charge in [-0.05, 0) is 47.9 Å². The Morgan fingerprint density at radius 1 is 0.963 bits per heavy atom. The van der Waals surface area contributed by atoms with Gasteiger partial charge in [-0.1, -0.05) is 55.5 Å². The summed E-state index contributed by atoms with van der Waals surface area (Å²) in [6.45, 7) is 4.13. The summed E-state index contributed by atoms with van der Waals surface area (Å²) >= 11 is 0. The van der Waals surface area contributed by atoms with E-state index in [1.54, 1.807) is 31.4 Å². The number of phenols is 1. The minimum atomic E-state index is 0.197. The van der Waals surface area contributed by atoms with E-state index in [4.69, 9.17) is 9.84 Å². The second kappa shape index (κ2) is 10.0. The highest BCUT2D eigenvalue weighted by Gasteiger charge is 2.14. The molecule has 3 aromatic carbocycles. The number of aryl methyl sites for hydroxylation is 1. The molecule has 27 heavy (non-hydrogen) atoms. The monoisotopic (exact) mass is 363 g/mol. The summed E-state index contributed by atoms with van der Waals surface area (Å²) in [6.07, 6.45) is 0.729. The zero-order valence-electron chi connectivity index (χ0n) is 15.8. The van der Waals surface area contributed by atoms with Gasteiger partial charge in [0.15, 0.2) is 0 Å². The summed E-state index contributed by atoms with van der Waals surface area (Å²) in [4.78, 5) is 10.8. The van der Waals surface area contributed by atoms with E-state index in [-0.39, 0.29) is 5.92 Å². The van der Waals surface area contributed by atoms with Crippen molar-refractivity contribution in [3.63, 3.8) is 0 Å². The molecule has 0 fully saturated rings. The van der Waals surface area contributed by atoms with Gasteiger partial charge in [-0.2, -0.15) is 0 Å². The van der Waals surface area contributed by atoms with Crippen LogP contribution in [0.2, 0.25) is 0 Å². The molecule has 1 amide bonds. The number of amides is 1. The van der Waals surface area contributed by atoms with Crippen LogP contribution in [-0.4, -0.2) is 18.6 Å². The van der Waals surface area contributed by atoms with E-state index in [0.717, 1.165) is 29.0 Å². The molecule has 0 spiro atoms. The van der Waals surface area contributed by atoms with Crippen LogP contribution < -0.4 is 10.1 Å². The maximum absolute atomic E-state index is 10.8. The third-order valence-corrected chi connectivity index (χ3v) is 4.35. The lowest BCUT2D eigenvalue weighted by Crippen LogP contribution is -2.05. The first-order valence-corrected chi connectivity index (χ1v) is 8.74. The molecule has 3 rings (SSSR count). The molecule has 0 heterocycles. The number of aromatic hydroxyl groups is 1. The van der Waals surface area contributed by atoms with Crippen molar-refractivity contribution in [2.75, 3.05) is 12.4 Å². The molecule has 0 bridgehead atoms. The van der Waals surface area contributed by atoms with Crippen molar-refractivity contribution >= 4 is 12.1 Å². The van der Waals surface area contributed by atoms with Crippen molar-refractivity contribution in [3.8, 4) is 11.5 Å². The highest BCUT2D eigenvalue weighted by Crippen LogP contribution is 2.32. The molecular formula is C23H25NO3. The van der Waals surface area contributed by atoms with Gasteiger partial charge >= 0.3 is 0 Å². The summed E-state index contributed by atoms with van der Waals surface area (Å²) in [5, 5.41) is 11.4. The predicted octanol–water partition coefficient (Wildman–Crippen LogP) is 5.12. The van der Waals surface area contributed by atoms with Crippen LogP contribution in [0.4, 0.5) is 5.69 Å². The predicted molar refractivity (Wildman–Crippen MR) is 109 cm³/mol. The Balaban J connectivity index is 0.000000313. The Kier molecular flexibility index (Phi) is 7.44. The molecule has 4 nitrogen and oxygen atoms in total. The highest BCUT2D eigenvalue weighted by molar-refractivity contribution is 5.76. The second-order valence-electron chi connectivity index (χ2n) is 6.13. The molecule has 1 unspecified atom stereocenters. The number of benzene rings is 3. The lowest BCUT2D eigenvalue weighted by atomic mass is 9.90. The molecule has 2 N–H and O–H groups in total. The number of anilines is 1. The van der Waals surface area contributed by atoms with Crippen LogP contribution >= 0.6 is 0 Å². The van der Waals surface area contributed by atoms with Gasteiger partial charge < -0.3 is 15.2 Å². The van der Waals surface area contributed by atoms with Crippen molar-refractivity contribution in [2.45, 2.75) is 19.8 Å². The van der Waals surface area contributed by atoms with Crippen LogP contribution in [0, 0.1) is 6.92 Å². The van der Waals surface area contributed by atoms with Crippen molar-refractivity contribution < 1.29 is 14.6 Å². The Hall–Kier alpha value is -3.27. The topological polar surface area (TPSA) is 58.6 Å². The molecule has 0 saturated carbocycles. The highest BCUT2D eigenvalue weighted by atomic mass is 16.5. The number of ether oxygens (including phenoxy) is 1. The number of carbonyl (C=O) groups is 1. The SMILES string of the molecule is COc1ccc(C(C)c2cccc(C)c2NC=O)cc1.Oc1ccccc1. The summed E-state index contributed by atoms with van der Waals surface area (Å²) in [5.74, 6) is 1.36. The third-order valence-electron chi connectivity index (χ3n) is 4.35. The van der Waals surface area contributed by atoms with Crippen LogP contribution in [0.1, 0.15) is 29.5 Å². The van der Waals surface area contributed by atoms with Crippen LogP contribution in [0.25, 0.3) is 0 Å². The molecule has 0 saturated heterocycles. The van der Waals surface area contributed by atoms with Gasteiger partial charge in [0, 0.05) is 11.6 Å². The molecule has 0 aliphatic heterocycles. The number of carbonyl (C=O) groups excluding carboxylic acids is 1. The Morgan fingerprint density at radius 3 is 2.15 bits per heavy atom. The second-order valence-corrected chi connectivity index (χ2v) is 6.13. The van der Waals surface area contributed by atoms with Gasteiger partial charge in [-0.15, -0.1) is 0 Å². The summed E-state index contributed by atoms with van der Waals surface area (Å²) in [5.41, 5.74) is 4.26. The average molecular weight is 363 g/mol. The molecule has 0 aliphatic rings. The normalized spacial score (nSPS) is 10.9. The van der Waals surface area contributed by atoms with Gasteiger partial charge in [0.1, 0.15) is 11.5 Å². The fourth-order valence-electron chi connectivity index (χ4n) is 2.81. The zero-order chi connectivity index (χ0) is 19.6. The molecular weight excluding hydrogens is 338 g/mol. The first-order valence-electron chi connectivity index (χ1n) is 8.74. The van der Waals surface area contributed by atoms with Gasteiger partial charge in [0.05, 0.1) is 7.11 Å². The molecule has 140 valence electrons. The van der Waals surface area contributed by atoms with Crippen LogP contribution in [0.15, 0.2) is 72.8 Å². The van der Waals surface area contributed by atoms with E-state index >= 15 is 0 Å². The van der Waals surface area contributed by atoms with E-state index in [2.05, 4.69) is 24.4 Å². The van der Waals surface area contributed by atoms with Crippen molar-refractivity contribution in [2.24, 2.45) is 0 Å². The van der Waals surface area contributed by atoms with Gasteiger partial charge in [-0.25, -0.2) is 0 Å². The average Bonchev–Trinajstić information content (AvgIpc) is 2.70. The quantitative estimate of drug-likeness (QED) is 0.619. The van der Waals surface area contributed by atoms with Gasteiger partial charge in [0.25, 0.3) is 0 Å². The Bertz CT molecular complexity index is 845. The molecule has 0 radical (unpaired) electrons. The molecule has 0 aromatic heterocycles. The number of hydrogen-bond donors (Lipinski definition) is 2. The summed E-state index contributed by atoms with van der Waals surface area (Å²) in [6, 6.07) is 22.8. The number of hydrogen-bond acceptors (Lipinski definition) is 3. The van der Waals surface area contributed by atoms with E-state index in [1.807, 2.05) is 43.3 Å². The van der Waals surface area contributed by atoms with Crippen molar-refractivity contribution in [1.82, 2.24) is 0 Å². The minimum Gasteiger partial charge on any atom is -0.508 e. The maximum Gasteiger partial charge on any atom is 0.211 e. The van der Waals surface area contributed by atoms with Gasteiger partial charge in [0.2, 0.25) is 6.41 Å². The summed E-state index contributed by atoms with van der Waals surface area (Å²) in [7, 11) is 1.66. The Morgan fingerprint density at radius 2 is 1.63 bits per heavy atom. The van der Waals surface area contributed by atoms with Crippen molar-refractivity contribution in [1.29, 1.82) is 0 Å². The van der Waals surface area contributed by atoms with Gasteiger partial charge in [-0.3, -0.25) is 4.79 Å². The largest absolute Gasteiger partial charge is 0.508 e. The fourth-order valence-corrected chi connectivity index (χ4v) is 2.81. The number of nitrogens with one attached hydrogen (secondary N) is 1. The molecule has 4 heteroatoms. The summed E-state index contributed by atoms with van der Waals surface area (Å²) < 4.78 is 5.18. The lowest BCUT2D eigenvalue weighted by molar-refractivity contribution is -0.105. The number of para-hydroxylation sites is 2. The third kappa shape index (κ3) is 5.61. The standard InChI is InChI=1S/C17H19NO2.C6H6O/c1-12-5-4-6-16(17(12)18-11-19)13(2)14-7-9-15(20-3)10-8-14;7-6-4-2-1-3-5-6/h4-11,13H,1-3H3,(H,18,19);1-5,7H. The van der Waals surface area contributed by atoms with E-state index in [1.165, 1.54) is 5.56 Å². The van der Waals surface area contributed by atoms with Crippen LogP contribution in [0.3, 0.4) is 0 Å². The minimum absolute atomic E-state index is 0.197. The Labute approximate surface area is 160 Å². The fraction of sp³-hybridized carbons (Fsp3) is 0.174. The lowest BCUT2D eigenvalue weighted by Gasteiger charge is -2.18.